The van der Waals surface area contributed by atoms with E-state index in [0.717, 1.165) is 12.8 Å². The van der Waals surface area contributed by atoms with Crippen LogP contribution in [0, 0.1) is 0 Å². The molecule has 0 heterocycles. The third kappa shape index (κ3) is 9.46. The van der Waals surface area contributed by atoms with Crippen molar-refractivity contribution in [3.8, 4) is 0 Å². The summed E-state index contributed by atoms with van der Waals surface area (Å²) in [5.74, 6) is -0.404. The Labute approximate surface area is 111 Å². The molecule has 0 aliphatic heterocycles. The Morgan fingerprint density at radius 1 is 1.00 bits per heavy atom. The van der Waals surface area contributed by atoms with Gasteiger partial charge in [-0.3, -0.25) is 4.79 Å². The second kappa shape index (κ2) is 9.76. The van der Waals surface area contributed by atoms with Crippen LogP contribution in [0.3, 0.4) is 0 Å². The van der Waals surface area contributed by atoms with E-state index in [0.29, 0.717) is 6.42 Å². The number of halogens is 1. The minimum Gasteiger partial charge on any atom is -0.368 e. The Bertz CT molecular complexity index is 204. The first-order valence-electron chi connectivity index (χ1n) is 6.99. The van der Waals surface area contributed by atoms with Crippen molar-refractivity contribution in [3.63, 3.8) is 0 Å². The van der Waals surface area contributed by atoms with E-state index in [1.165, 1.54) is 44.9 Å². The number of carbonyl (C=O) groups is 1. The predicted molar refractivity (Wildman–Crippen MR) is 75.3 cm³/mol. The molecule has 0 fully saturated rings. The molecule has 1 unspecified atom stereocenters. The van der Waals surface area contributed by atoms with Gasteiger partial charge in [0.1, 0.15) is 4.87 Å². The van der Waals surface area contributed by atoms with Gasteiger partial charge in [-0.1, -0.05) is 64.7 Å². The van der Waals surface area contributed by atoms with Crippen molar-refractivity contribution in [2.45, 2.75) is 82.9 Å². The molecule has 3 heteroatoms. The van der Waals surface area contributed by atoms with Crippen LogP contribution in [0.4, 0.5) is 0 Å². The van der Waals surface area contributed by atoms with E-state index in [1.807, 2.05) is 0 Å². The minimum absolute atomic E-state index is 0.404. The number of carbonyl (C=O) groups excluding carboxylic acids is 1. The molecular weight excluding hydrogens is 234 g/mol. The molecule has 0 bridgehead atoms. The Balaban J connectivity index is 3.27. The maximum atomic E-state index is 11.0. The van der Waals surface area contributed by atoms with Crippen LogP contribution >= 0.6 is 11.6 Å². The van der Waals surface area contributed by atoms with Crippen molar-refractivity contribution in [2.24, 2.45) is 5.73 Å². The molecule has 102 valence electrons. The molecule has 2 nitrogen and oxygen atoms in total. The van der Waals surface area contributed by atoms with Crippen LogP contribution in [-0.4, -0.2) is 10.8 Å². The van der Waals surface area contributed by atoms with Crippen LogP contribution in [0.5, 0.6) is 0 Å². The predicted octanol–water partition coefficient (Wildman–Crippen LogP) is 4.39. The summed E-state index contributed by atoms with van der Waals surface area (Å²) in [5.41, 5.74) is 5.21. The number of primary amides is 1. The lowest BCUT2D eigenvalue weighted by Gasteiger charge is -2.17. The molecule has 2 N–H and O–H groups in total. The molecule has 0 aliphatic carbocycles. The molecule has 0 saturated heterocycles. The number of rotatable bonds is 11. The summed E-state index contributed by atoms with van der Waals surface area (Å²) in [6.45, 7) is 3.95. The van der Waals surface area contributed by atoms with Crippen LogP contribution < -0.4 is 5.73 Å². The summed E-state index contributed by atoms with van der Waals surface area (Å²) in [5, 5.41) is 0. The molecule has 0 aromatic heterocycles. The lowest BCUT2D eigenvalue weighted by Crippen LogP contribution is -2.35. The highest BCUT2D eigenvalue weighted by Gasteiger charge is 2.26. The zero-order chi connectivity index (χ0) is 13.1. The highest BCUT2D eigenvalue weighted by molar-refractivity contribution is 6.34. The van der Waals surface area contributed by atoms with E-state index >= 15 is 0 Å². The molecule has 0 aromatic rings. The lowest BCUT2D eigenvalue weighted by molar-refractivity contribution is -0.120. The molecule has 17 heavy (non-hydrogen) atoms. The van der Waals surface area contributed by atoms with Gasteiger partial charge in [0, 0.05) is 0 Å². The van der Waals surface area contributed by atoms with Crippen molar-refractivity contribution in [1.29, 1.82) is 0 Å². The first kappa shape index (κ1) is 16.8. The first-order chi connectivity index (χ1) is 8.00. The van der Waals surface area contributed by atoms with E-state index in [9.17, 15) is 4.79 Å². The smallest absolute Gasteiger partial charge is 0.238 e. The van der Waals surface area contributed by atoms with E-state index in [-0.39, 0.29) is 0 Å². The van der Waals surface area contributed by atoms with Gasteiger partial charge in [0.2, 0.25) is 5.91 Å². The fourth-order valence-electron chi connectivity index (χ4n) is 1.89. The summed E-state index contributed by atoms with van der Waals surface area (Å²) in [6, 6.07) is 0. The average molecular weight is 262 g/mol. The van der Waals surface area contributed by atoms with Gasteiger partial charge in [0.25, 0.3) is 0 Å². The van der Waals surface area contributed by atoms with Crippen molar-refractivity contribution in [3.05, 3.63) is 0 Å². The van der Waals surface area contributed by atoms with Crippen molar-refractivity contribution in [2.75, 3.05) is 0 Å². The SMILES string of the molecule is CCCCCCCCCCCC(C)(Cl)C(N)=O. The molecule has 1 atom stereocenters. The summed E-state index contributed by atoms with van der Waals surface area (Å²) in [7, 11) is 0. The quantitative estimate of drug-likeness (QED) is 0.435. The third-order valence-electron chi connectivity index (χ3n) is 3.26. The van der Waals surface area contributed by atoms with Crippen LogP contribution in [0.2, 0.25) is 0 Å². The fraction of sp³-hybridized carbons (Fsp3) is 0.929. The zero-order valence-corrected chi connectivity index (χ0v) is 12.2. The van der Waals surface area contributed by atoms with Crippen molar-refractivity contribution < 1.29 is 4.79 Å². The molecule has 0 aromatic carbocycles. The van der Waals surface area contributed by atoms with Gasteiger partial charge in [-0.05, 0) is 13.3 Å². The second-order valence-corrected chi connectivity index (χ2v) is 5.97. The highest BCUT2D eigenvalue weighted by atomic mass is 35.5. The van der Waals surface area contributed by atoms with Gasteiger partial charge in [-0.25, -0.2) is 0 Å². The zero-order valence-electron chi connectivity index (χ0n) is 11.4. The Hall–Kier alpha value is -0.240. The normalized spacial score (nSPS) is 14.5. The second-order valence-electron chi connectivity index (χ2n) is 5.14. The Kier molecular flexibility index (Phi) is 9.62. The van der Waals surface area contributed by atoms with E-state index < -0.39 is 10.8 Å². The van der Waals surface area contributed by atoms with Crippen LogP contribution in [0.25, 0.3) is 0 Å². The molecule has 0 radical (unpaired) electrons. The van der Waals surface area contributed by atoms with E-state index in [4.69, 9.17) is 17.3 Å². The van der Waals surface area contributed by atoms with E-state index in [1.54, 1.807) is 6.92 Å². The summed E-state index contributed by atoms with van der Waals surface area (Å²) in [4.78, 5) is 10.1. The number of hydrogen-bond acceptors (Lipinski definition) is 1. The largest absolute Gasteiger partial charge is 0.368 e. The summed E-state index contributed by atoms with van der Waals surface area (Å²) < 4.78 is 0. The average Bonchev–Trinajstić information content (AvgIpc) is 2.26. The highest BCUT2D eigenvalue weighted by Crippen LogP contribution is 2.22. The molecule has 0 aliphatic rings. The van der Waals surface area contributed by atoms with Crippen molar-refractivity contribution in [1.82, 2.24) is 0 Å². The first-order valence-corrected chi connectivity index (χ1v) is 7.37. The number of hydrogen-bond donors (Lipinski definition) is 1. The van der Waals surface area contributed by atoms with Gasteiger partial charge in [-0.15, -0.1) is 11.6 Å². The van der Waals surface area contributed by atoms with Gasteiger partial charge >= 0.3 is 0 Å². The number of amides is 1. The Morgan fingerprint density at radius 2 is 1.41 bits per heavy atom. The van der Waals surface area contributed by atoms with Crippen LogP contribution in [0.15, 0.2) is 0 Å². The van der Waals surface area contributed by atoms with E-state index in [2.05, 4.69) is 6.92 Å². The van der Waals surface area contributed by atoms with Crippen molar-refractivity contribution >= 4 is 17.5 Å². The summed E-state index contributed by atoms with van der Waals surface area (Å²) >= 11 is 5.99. The van der Waals surface area contributed by atoms with Gasteiger partial charge < -0.3 is 5.73 Å². The topological polar surface area (TPSA) is 43.1 Å². The number of nitrogens with two attached hydrogens (primary N) is 1. The van der Waals surface area contributed by atoms with Gasteiger partial charge in [0.05, 0.1) is 0 Å². The standard InChI is InChI=1S/C14H28ClNO/c1-3-4-5-6-7-8-9-10-11-12-14(2,15)13(16)17/h3-12H2,1-2H3,(H2,16,17). The maximum absolute atomic E-state index is 11.0. The third-order valence-corrected chi connectivity index (χ3v) is 3.64. The summed E-state index contributed by atoms with van der Waals surface area (Å²) in [6.07, 6.45) is 12.1. The maximum Gasteiger partial charge on any atom is 0.238 e. The molecule has 1 amide bonds. The fourth-order valence-corrected chi connectivity index (χ4v) is 2.02. The van der Waals surface area contributed by atoms with Crippen LogP contribution in [0.1, 0.15) is 78.1 Å². The molecule has 0 rings (SSSR count). The molecule has 0 saturated carbocycles. The lowest BCUT2D eigenvalue weighted by atomic mass is 10.0. The molecule has 0 spiro atoms. The Morgan fingerprint density at radius 3 is 1.82 bits per heavy atom. The van der Waals surface area contributed by atoms with Gasteiger partial charge in [-0.2, -0.15) is 0 Å². The molecular formula is C14H28ClNO. The minimum atomic E-state index is -0.846. The monoisotopic (exact) mass is 261 g/mol. The number of unbranched alkanes of at least 4 members (excludes halogenated alkanes) is 8. The van der Waals surface area contributed by atoms with Crippen LogP contribution in [-0.2, 0) is 4.79 Å². The number of alkyl halides is 1. The van der Waals surface area contributed by atoms with Gasteiger partial charge in [0.15, 0.2) is 0 Å².